The Morgan fingerprint density at radius 2 is 2.38 bits per heavy atom. The van der Waals surface area contributed by atoms with Gasteiger partial charge in [-0.2, -0.15) is 5.26 Å². The van der Waals surface area contributed by atoms with Crippen molar-refractivity contribution < 1.29 is 5.11 Å². The summed E-state index contributed by atoms with van der Waals surface area (Å²) >= 11 is 0. The number of benzene rings is 1. The van der Waals surface area contributed by atoms with Crippen molar-refractivity contribution in [3.05, 3.63) is 23.8 Å². The second-order valence-corrected chi connectivity index (χ2v) is 4.06. The minimum atomic E-state index is 0.159. The smallest absolute Gasteiger partial charge is 0.101 e. The number of aliphatic hydroxyl groups is 1. The van der Waals surface area contributed by atoms with Crippen LogP contribution in [0, 0.1) is 11.3 Å². The summed E-state index contributed by atoms with van der Waals surface area (Å²) in [6.07, 6.45) is 2.08. The zero-order valence-corrected chi connectivity index (χ0v) is 9.06. The topological polar surface area (TPSA) is 73.3 Å². The molecule has 16 heavy (non-hydrogen) atoms. The van der Waals surface area contributed by atoms with Gasteiger partial charge in [-0.3, -0.25) is 0 Å². The summed E-state index contributed by atoms with van der Waals surface area (Å²) in [4.78, 5) is 2.14. The summed E-state index contributed by atoms with van der Waals surface area (Å²) in [5, 5.41) is 18.2. The lowest BCUT2D eigenvalue weighted by Crippen LogP contribution is -2.32. The molecule has 84 valence electrons. The van der Waals surface area contributed by atoms with Crippen molar-refractivity contribution in [2.75, 3.05) is 23.8 Å². The number of nitrogen functional groups attached to an aromatic ring is 1. The number of anilines is 2. The summed E-state index contributed by atoms with van der Waals surface area (Å²) in [7, 11) is 0. The Morgan fingerprint density at radius 1 is 1.56 bits per heavy atom. The zero-order chi connectivity index (χ0) is 11.5. The van der Waals surface area contributed by atoms with Crippen LogP contribution in [0.2, 0.25) is 0 Å². The van der Waals surface area contributed by atoms with Crippen molar-refractivity contribution in [3.63, 3.8) is 0 Å². The predicted molar refractivity (Wildman–Crippen MR) is 63.0 cm³/mol. The quantitative estimate of drug-likeness (QED) is 0.727. The highest BCUT2D eigenvalue weighted by Gasteiger charge is 2.24. The predicted octanol–water partition coefficient (Wildman–Crippen LogP) is 1.10. The number of rotatable bonds is 2. The van der Waals surface area contributed by atoms with Gasteiger partial charge < -0.3 is 15.7 Å². The van der Waals surface area contributed by atoms with E-state index in [-0.39, 0.29) is 12.6 Å². The van der Waals surface area contributed by atoms with Crippen LogP contribution >= 0.6 is 0 Å². The Labute approximate surface area is 94.9 Å². The molecule has 0 unspecified atom stereocenters. The Hall–Kier alpha value is -1.73. The lowest BCUT2D eigenvalue weighted by molar-refractivity contribution is 0.266. The minimum absolute atomic E-state index is 0.159. The first-order valence-corrected chi connectivity index (χ1v) is 5.43. The normalized spacial score (nSPS) is 19.8. The van der Waals surface area contributed by atoms with Crippen molar-refractivity contribution in [2.24, 2.45) is 0 Å². The molecule has 1 atom stereocenters. The van der Waals surface area contributed by atoms with E-state index in [0.717, 1.165) is 25.1 Å². The Bertz CT molecular complexity index is 425. The highest BCUT2D eigenvalue weighted by molar-refractivity contribution is 5.63. The molecule has 1 aromatic rings. The molecular formula is C12H15N3O. The molecule has 1 aromatic carbocycles. The van der Waals surface area contributed by atoms with E-state index in [1.807, 2.05) is 6.07 Å². The van der Waals surface area contributed by atoms with Gasteiger partial charge in [0.05, 0.1) is 18.2 Å². The molecule has 4 nitrogen and oxygen atoms in total. The van der Waals surface area contributed by atoms with Crippen LogP contribution in [-0.2, 0) is 0 Å². The van der Waals surface area contributed by atoms with E-state index in [0.29, 0.717) is 11.3 Å². The highest BCUT2D eigenvalue weighted by atomic mass is 16.3. The van der Waals surface area contributed by atoms with Gasteiger partial charge in [0.25, 0.3) is 0 Å². The summed E-state index contributed by atoms with van der Waals surface area (Å²) < 4.78 is 0. The average Bonchev–Trinajstić information content (AvgIpc) is 2.78. The molecule has 0 saturated carbocycles. The lowest BCUT2D eigenvalue weighted by atomic mass is 10.1. The van der Waals surface area contributed by atoms with Crippen LogP contribution in [0.4, 0.5) is 11.4 Å². The first kappa shape index (κ1) is 10.8. The summed E-state index contributed by atoms with van der Waals surface area (Å²) in [6.45, 7) is 1.09. The van der Waals surface area contributed by atoms with Gasteiger partial charge in [-0.1, -0.05) is 0 Å². The van der Waals surface area contributed by atoms with E-state index in [1.165, 1.54) is 0 Å². The van der Waals surface area contributed by atoms with Gasteiger partial charge in [-0.25, -0.2) is 0 Å². The van der Waals surface area contributed by atoms with E-state index in [4.69, 9.17) is 11.0 Å². The number of nitrogens with two attached hydrogens (primary N) is 1. The maximum Gasteiger partial charge on any atom is 0.101 e. The molecular weight excluding hydrogens is 202 g/mol. The average molecular weight is 217 g/mol. The van der Waals surface area contributed by atoms with Crippen LogP contribution in [0.25, 0.3) is 0 Å². The number of nitrogens with zero attached hydrogens (tertiary/aromatic N) is 2. The molecule has 0 aliphatic carbocycles. The lowest BCUT2D eigenvalue weighted by Gasteiger charge is -2.25. The van der Waals surface area contributed by atoms with Gasteiger partial charge in [-0.15, -0.1) is 0 Å². The molecule has 0 radical (unpaired) electrons. The second kappa shape index (κ2) is 4.42. The minimum Gasteiger partial charge on any atom is -0.398 e. The van der Waals surface area contributed by atoms with Crippen molar-refractivity contribution in [3.8, 4) is 6.07 Å². The molecule has 0 aromatic heterocycles. The van der Waals surface area contributed by atoms with Gasteiger partial charge in [-0.05, 0) is 31.0 Å². The van der Waals surface area contributed by atoms with Gasteiger partial charge in [0.1, 0.15) is 6.07 Å². The molecule has 1 fully saturated rings. The molecule has 1 aliphatic rings. The molecule has 0 amide bonds. The zero-order valence-electron chi connectivity index (χ0n) is 9.06. The Kier molecular flexibility index (Phi) is 2.97. The monoisotopic (exact) mass is 217 g/mol. The van der Waals surface area contributed by atoms with Crippen molar-refractivity contribution in [2.45, 2.75) is 18.9 Å². The van der Waals surface area contributed by atoms with Gasteiger partial charge in [0, 0.05) is 17.9 Å². The molecule has 1 saturated heterocycles. The maximum absolute atomic E-state index is 9.25. The van der Waals surface area contributed by atoms with E-state index in [2.05, 4.69) is 11.0 Å². The fraction of sp³-hybridized carbons (Fsp3) is 0.417. The van der Waals surface area contributed by atoms with E-state index in [1.54, 1.807) is 12.1 Å². The third-order valence-corrected chi connectivity index (χ3v) is 3.08. The Morgan fingerprint density at radius 3 is 3.06 bits per heavy atom. The molecule has 4 heteroatoms. The first-order valence-electron chi connectivity index (χ1n) is 5.43. The molecule has 0 spiro atoms. The summed E-state index contributed by atoms with van der Waals surface area (Å²) in [5.74, 6) is 0. The van der Waals surface area contributed by atoms with E-state index >= 15 is 0 Å². The fourth-order valence-corrected chi connectivity index (χ4v) is 2.19. The van der Waals surface area contributed by atoms with Crippen molar-refractivity contribution in [1.29, 1.82) is 5.26 Å². The van der Waals surface area contributed by atoms with Crippen molar-refractivity contribution in [1.82, 2.24) is 0 Å². The van der Waals surface area contributed by atoms with Crippen LogP contribution in [0.3, 0.4) is 0 Å². The number of aliphatic hydroxyl groups excluding tert-OH is 1. The van der Waals surface area contributed by atoms with Crippen LogP contribution in [0.1, 0.15) is 18.4 Å². The van der Waals surface area contributed by atoms with E-state index < -0.39 is 0 Å². The SMILES string of the molecule is N#Cc1cc(N2CCC[C@@H]2CO)ccc1N. The molecule has 0 bridgehead atoms. The van der Waals surface area contributed by atoms with Crippen molar-refractivity contribution >= 4 is 11.4 Å². The van der Waals surface area contributed by atoms with Gasteiger partial charge in [0.2, 0.25) is 0 Å². The summed E-state index contributed by atoms with van der Waals surface area (Å²) in [6, 6.07) is 7.71. The van der Waals surface area contributed by atoms with Crippen LogP contribution in [-0.4, -0.2) is 24.3 Å². The summed E-state index contributed by atoms with van der Waals surface area (Å²) in [5.41, 5.74) is 7.66. The number of hydrogen-bond acceptors (Lipinski definition) is 4. The third-order valence-electron chi connectivity index (χ3n) is 3.08. The number of hydrogen-bond donors (Lipinski definition) is 2. The standard InChI is InChI=1S/C12H15N3O/c13-7-9-6-10(3-4-12(9)14)15-5-1-2-11(15)8-16/h3-4,6,11,16H,1-2,5,8,14H2/t11-/m1/s1. The van der Waals surface area contributed by atoms with Crippen LogP contribution in [0.15, 0.2) is 18.2 Å². The third kappa shape index (κ3) is 1.82. The molecule has 2 rings (SSSR count). The number of nitriles is 1. The van der Waals surface area contributed by atoms with E-state index in [9.17, 15) is 5.11 Å². The fourth-order valence-electron chi connectivity index (χ4n) is 2.19. The molecule has 1 aliphatic heterocycles. The maximum atomic E-state index is 9.25. The highest BCUT2D eigenvalue weighted by Crippen LogP contribution is 2.27. The first-order chi connectivity index (χ1) is 7.76. The Balaban J connectivity index is 2.30. The second-order valence-electron chi connectivity index (χ2n) is 4.06. The molecule has 1 heterocycles. The largest absolute Gasteiger partial charge is 0.398 e. The van der Waals surface area contributed by atoms with Gasteiger partial charge >= 0.3 is 0 Å². The van der Waals surface area contributed by atoms with Crippen LogP contribution < -0.4 is 10.6 Å². The molecule has 3 N–H and O–H groups in total. The van der Waals surface area contributed by atoms with Crippen LogP contribution in [0.5, 0.6) is 0 Å². The van der Waals surface area contributed by atoms with Gasteiger partial charge in [0.15, 0.2) is 0 Å².